The maximum atomic E-state index is 12.3. The molecule has 22 heavy (non-hydrogen) atoms. The third-order valence-electron chi connectivity index (χ3n) is 3.66. The van der Waals surface area contributed by atoms with E-state index in [1.165, 1.54) is 10.4 Å². The number of fused-ring (bicyclic) bond motifs is 1. The summed E-state index contributed by atoms with van der Waals surface area (Å²) < 4.78 is 12.2. The Morgan fingerprint density at radius 2 is 2.23 bits per heavy atom. The molecule has 0 N–H and O–H groups in total. The van der Waals surface area contributed by atoms with Gasteiger partial charge in [-0.25, -0.2) is 0 Å². The van der Waals surface area contributed by atoms with Gasteiger partial charge in [-0.05, 0) is 41.1 Å². The zero-order valence-corrected chi connectivity index (χ0v) is 14.3. The Labute approximate surface area is 141 Å². The maximum absolute atomic E-state index is 12.3. The second-order valence-corrected chi connectivity index (χ2v) is 8.19. The molecule has 1 aliphatic rings. The van der Waals surface area contributed by atoms with Crippen LogP contribution in [-0.2, 0) is 34.3 Å². The molecular weight excluding hydrogens is 338 g/mol. The van der Waals surface area contributed by atoms with E-state index in [4.69, 9.17) is 11.6 Å². The van der Waals surface area contributed by atoms with Gasteiger partial charge in [-0.3, -0.25) is 9.00 Å². The second-order valence-electron chi connectivity index (χ2n) is 5.29. The quantitative estimate of drug-likeness (QED) is 0.846. The van der Waals surface area contributed by atoms with E-state index < -0.39 is 10.8 Å². The zero-order chi connectivity index (χ0) is 15.5. The first-order valence-corrected chi connectivity index (χ1v) is 9.79. The highest BCUT2D eigenvalue weighted by Crippen LogP contribution is 2.24. The molecule has 1 amide bonds. The lowest BCUT2D eigenvalue weighted by Gasteiger charge is -2.26. The van der Waals surface area contributed by atoms with Crippen molar-refractivity contribution in [3.05, 3.63) is 56.7 Å². The van der Waals surface area contributed by atoms with Gasteiger partial charge in [0.25, 0.3) is 0 Å². The number of nitrogens with zero attached hydrogens (tertiary/aromatic N) is 1. The first kappa shape index (κ1) is 15.7. The predicted octanol–water partition coefficient (Wildman–Crippen LogP) is 3.24. The highest BCUT2D eigenvalue weighted by atomic mass is 35.5. The summed E-state index contributed by atoms with van der Waals surface area (Å²) in [5.41, 5.74) is 2.13. The zero-order valence-electron chi connectivity index (χ0n) is 12.0. The number of halogens is 1. The van der Waals surface area contributed by atoms with E-state index in [1.54, 1.807) is 23.5 Å². The Hall–Kier alpha value is -1.17. The predicted molar refractivity (Wildman–Crippen MR) is 91.6 cm³/mol. The lowest BCUT2D eigenvalue weighted by molar-refractivity contribution is -0.129. The molecule has 0 bridgehead atoms. The van der Waals surface area contributed by atoms with Crippen LogP contribution in [0.2, 0.25) is 5.02 Å². The number of hydrogen-bond acceptors (Lipinski definition) is 3. The molecule has 2 heterocycles. The summed E-state index contributed by atoms with van der Waals surface area (Å²) >= 11 is 7.67. The van der Waals surface area contributed by atoms with Gasteiger partial charge in [-0.1, -0.05) is 23.7 Å². The molecule has 0 saturated carbocycles. The third kappa shape index (κ3) is 3.77. The van der Waals surface area contributed by atoms with Crippen molar-refractivity contribution in [2.45, 2.75) is 18.7 Å². The number of thiophene rings is 1. The minimum Gasteiger partial charge on any atom is -0.337 e. The molecule has 116 valence electrons. The number of rotatable bonds is 4. The van der Waals surface area contributed by atoms with E-state index in [-0.39, 0.29) is 11.7 Å². The molecule has 3 nitrogen and oxygen atoms in total. The Bertz CT molecular complexity index is 714. The van der Waals surface area contributed by atoms with E-state index >= 15 is 0 Å². The largest absolute Gasteiger partial charge is 0.337 e. The Kier molecular flexibility index (Phi) is 4.96. The molecule has 1 aromatic heterocycles. The van der Waals surface area contributed by atoms with Crippen molar-refractivity contribution in [3.63, 3.8) is 0 Å². The first-order chi connectivity index (χ1) is 10.6. The highest BCUT2D eigenvalue weighted by molar-refractivity contribution is 7.84. The van der Waals surface area contributed by atoms with Crippen molar-refractivity contribution in [3.8, 4) is 0 Å². The van der Waals surface area contributed by atoms with Crippen LogP contribution in [-0.4, -0.2) is 27.3 Å². The molecule has 2 aromatic rings. The summed E-state index contributed by atoms with van der Waals surface area (Å²) in [5.74, 6) is 0.410. The summed E-state index contributed by atoms with van der Waals surface area (Å²) in [6.45, 7) is 1.37. The highest BCUT2D eigenvalue weighted by Gasteiger charge is 2.22. The van der Waals surface area contributed by atoms with Gasteiger partial charge in [0, 0.05) is 39.5 Å². The summed E-state index contributed by atoms with van der Waals surface area (Å²) in [7, 11) is -1.21. The van der Waals surface area contributed by atoms with Crippen molar-refractivity contribution in [2.24, 2.45) is 0 Å². The van der Waals surface area contributed by atoms with Crippen molar-refractivity contribution < 1.29 is 9.00 Å². The van der Waals surface area contributed by atoms with Crippen LogP contribution in [0.5, 0.6) is 0 Å². The van der Waals surface area contributed by atoms with E-state index in [2.05, 4.69) is 11.4 Å². The summed E-state index contributed by atoms with van der Waals surface area (Å²) in [6, 6.07) is 9.36. The van der Waals surface area contributed by atoms with Gasteiger partial charge in [0.05, 0.1) is 0 Å². The van der Waals surface area contributed by atoms with Crippen LogP contribution in [0, 0.1) is 0 Å². The van der Waals surface area contributed by atoms with Gasteiger partial charge in [-0.2, -0.15) is 0 Å². The second kappa shape index (κ2) is 6.94. The van der Waals surface area contributed by atoms with Crippen LogP contribution in [0.15, 0.2) is 35.7 Å². The Morgan fingerprint density at radius 1 is 1.36 bits per heavy atom. The molecule has 0 radical (unpaired) electrons. The van der Waals surface area contributed by atoms with Crippen LogP contribution >= 0.6 is 22.9 Å². The summed E-state index contributed by atoms with van der Waals surface area (Å²) in [5, 5.41) is 2.69. The van der Waals surface area contributed by atoms with E-state index in [0.717, 1.165) is 18.5 Å². The van der Waals surface area contributed by atoms with Gasteiger partial charge in [-0.15, -0.1) is 11.3 Å². The molecular formula is C16H16ClNO2S2. The lowest BCUT2D eigenvalue weighted by atomic mass is 10.1. The Balaban J connectivity index is 1.57. The van der Waals surface area contributed by atoms with Crippen LogP contribution in [0.1, 0.15) is 16.0 Å². The fourth-order valence-corrected chi connectivity index (χ4v) is 4.77. The van der Waals surface area contributed by atoms with Gasteiger partial charge < -0.3 is 4.90 Å². The van der Waals surface area contributed by atoms with E-state index in [9.17, 15) is 9.00 Å². The van der Waals surface area contributed by atoms with Crippen LogP contribution < -0.4 is 0 Å². The normalized spacial score (nSPS) is 15.4. The van der Waals surface area contributed by atoms with Crippen molar-refractivity contribution >= 4 is 39.6 Å². The maximum Gasteiger partial charge on any atom is 0.235 e. The number of carbonyl (C=O) groups excluding carboxylic acids is 1. The molecule has 0 aliphatic carbocycles. The standard InChI is InChI=1S/C16H16ClNO2S2/c17-14-3-1-2-12(8-14)10-22(20)11-16(19)18-6-4-15-13(9-18)5-7-21-15/h1-3,5,7-8H,4,6,9-11H2. The Morgan fingerprint density at radius 3 is 3.05 bits per heavy atom. The molecule has 3 rings (SSSR count). The van der Waals surface area contributed by atoms with Crippen LogP contribution in [0.4, 0.5) is 0 Å². The number of carbonyl (C=O) groups is 1. The van der Waals surface area contributed by atoms with Crippen molar-refractivity contribution in [1.29, 1.82) is 0 Å². The SMILES string of the molecule is O=C(CS(=O)Cc1cccc(Cl)c1)N1CCc2sccc2C1. The van der Waals surface area contributed by atoms with Crippen molar-refractivity contribution in [2.75, 3.05) is 12.3 Å². The van der Waals surface area contributed by atoms with Gasteiger partial charge in [0.2, 0.25) is 5.91 Å². The molecule has 0 fully saturated rings. The molecule has 1 aromatic carbocycles. The lowest BCUT2D eigenvalue weighted by Crippen LogP contribution is -2.38. The number of amides is 1. The first-order valence-electron chi connectivity index (χ1n) is 7.04. The summed E-state index contributed by atoms with van der Waals surface area (Å²) in [4.78, 5) is 15.5. The molecule has 0 saturated heterocycles. The number of benzene rings is 1. The smallest absolute Gasteiger partial charge is 0.235 e. The van der Waals surface area contributed by atoms with Gasteiger partial charge in [0.1, 0.15) is 5.75 Å². The molecule has 1 unspecified atom stereocenters. The van der Waals surface area contributed by atoms with Gasteiger partial charge in [0.15, 0.2) is 0 Å². The fraction of sp³-hybridized carbons (Fsp3) is 0.312. The van der Waals surface area contributed by atoms with E-state index in [1.807, 2.05) is 17.0 Å². The topological polar surface area (TPSA) is 37.4 Å². The molecule has 1 aliphatic heterocycles. The van der Waals surface area contributed by atoms with Crippen LogP contribution in [0.25, 0.3) is 0 Å². The average Bonchev–Trinajstić information content (AvgIpc) is 2.94. The van der Waals surface area contributed by atoms with Gasteiger partial charge >= 0.3 is 0 Å². The molecule has 6 heteroatoms. The summed E-state index contributed by atoms with van der Waals surface area (Å²) in [6.07, 6.45) is 0.902. The van der Waals surface area contributed by atoms with Crippen LogP contribution in [0.3, 0.4) is 0 Å². The molecule has 1 atom stereocenters. The van der Waals surface area contributed by atoms with E-state index in [0.29, 0.717) is 17.3 Å². The minimum absolute atomic E-state index is 0.0304. The molecule has 0 spiro atoms. The fourth-order valence-electron chi connectivity index (χ4n) is 2.55. The number of hydrogen-bond donors (Lipinski definition) is 0. The van der Waals surface area contributed by atoms with Crippen molar-refractivity contribution in [1.82, 2.24) is 4.90 Å². The minimum atomic E-state index is -1.21. The monoisotopic (exact) mass is 353 g/mol. The average molecular weight is 354 g/mol. The third-order valence-corrected chi connectivity index (χ3v) is 6.14.